The molecule has 0 spiro atoms. The lowest BCUT2D eigenvalue weighted by atomic mass is 9.85. The van der Waals surface area contributed by atoms with Crippen LogP contribution in [0.1, 0.15) is 405 Å². The van der Waals surface area contributed by atoms with E-state index < -0.39 is 0 Å². The minimum atomic E-state index is -0.243. The van der Waals surface area contributed by atoms with Crippen molar-refractivity contribution in [1.82, 2.24) is 20.5 Å². The maximum Gasteiger partial charge on any atom is 0.235 e. The predicted octanol–water partition coefficient (Wildman–Crippen LogP) is 31.5. The number of phenolic OH excluding ortho intramolecular Hbond substituents is 2. The summed E-state index contributed by atoms with van der Waals surface area (Å²) in [4.78, 5) is 59.4. The highest BCUT2D eigenvalue weighted by Gasteiger charge is 2.59. The van der Waals surface area contributed by atoms with Crippen LogP contribution >= 0.6 is 21.6 Å². The molecular weight excluding hydrogens is 1480 g/mol. The molecule has 2 aromatic heterocycles. The number of carbonyl (C=O) groups is 5. The number of terminal acetylenes is 2. The number of aromatic hydroxyl groups is 2. The van der Waals surface area contributed by atoms with Gasteiger partial charge in [-0.25, -0.2) is 4.98 Å². The van der Waals surface area contributed by atoms with Gasteiger partial charge in [0.1, 0.15) is 22.7 Å². The molecule has 4 N–H and O–H groups in total. The average molecular weight is 1690 g/mol. The molecule has 3 aromatic rings. The molecule has 1 aliphatic carbocycles. The Kier molecular flexibility index (Phi) is 178. The average Bonchev–Trinajstić information content (AvgIpc) is 1.58. The first-order valence-corrected chi connectivity index (χ1v) is 40.5. The zero-order valence-electron chi connectivity index (χ0n) is 71.5. The van der Waals surface area contributed by atoms with Crippen LogP contribution in [0.4, 0.5) is 0 Å². The third-order valence-electron chi connectivity index (χ3n) is 10.9. The van der Waals surface area contributed by atoms with Crippen LogP contribution < -0.4 is 10.6 Å². The Bertz CT molecular complexity index is 2470. The molecular formula is C100H208N4O10S2. The van der Waals surface area contributed by atoms with E-state index in [-0.39, 0.29) is 174 Å². The third-order valence-corrected chi connectivity index (χ3v) is 13.7. The van der Waals surface area contributed by atoms with Gasteiger partial charge in [0.05, 0.1) is 49.5 Å². The zero-order chi connectivity index (χ0) is 81.9. The molecule has 0 radical (unpaired) electrons. The number of pyridine rings is 1. The van der Waals surface area contributed by atoms with E-state index in [0.717, 1.165) is 53.4 Å². The molecule has 3 aliphatic heterocycles. The van der Waals surface area contributed by atoms with Crippen LogP contribution in [0.2, 0.25) is 0 Å². The molecule has 1 aromatic carbocycles. The lowest BCUT2D eigenvalue weighted by molar-refractivity contribution is -0.140. The predicted molar refractivity (Wildman–Crippen MR) is 537 cm³/mol. The summed E-state index contributed by atoms with van der Waals surface area (Å²) in [5.74, 6) is 14.7. The molecule has 116 heavy (non-hydrogen) atoms. The Morgan fingerprint density at radius 3 is 1.22 bits per heavy atom. The van der Waals surface area contributed by atoms with Crippen LogP contribution in [0.15, 0.2) is 82.6 Å². The quantitative estimate of drug-likeness (QED) is 0.0440. The molecule has 5 heterocycles. The second kappa shape index (κ2) is 122. The summed E-state index contributed by atoms with van der Waals surface area (Å²) in [5, 5.41) is 24.6. The number of imide groups is 1. The molecule has 16 heteroatoms. The molecule has 7 rings (SSSR count). The van der Waals surface area contributed by atoms with Crippen molar-refractivity contribution in [3.8, 4) is 48.0 Å². The highest BCUT2D eigenvalue weighted by Crippen LogP contribution is 2.44. The van der Waals surface area contributed by atoms with Gasteiger partial charge in [0.15, 0.2) is 11.5 Å². The maximum atomic E-state index is 11.6. The zero-order valence-corrected chi connectivity index (χ0v) is 73.1. The van der Waals surface area contributed by atoms with E-state index >= 15 is 0 Å². The van der Waals surface area contributed by atoms with Crippen LogP contribution in [0.3, 0.4) is 0 Å². The van der Waals surface area contributed by atoms with Crippen LogP contribution in [0.25, 0.3) is 0 Å². The van der Waals surface area contributed by atoms with Crippen molar-refractivity contribution in [2.45, 2.75) is 435 Å². The molecule has 2 bridgehead atoms. The van der Waals surface area contributed by atoms with Gasteiger partial charge in [-0.2, -0.15) is 0 Å². The maximum absolute atomic E-state index is 11.6. The van der Waals surface area contributed by atoms with Gasteiger partial charge in [-0.1, -0.05) is 382 Å². The molecule has 2 saturated heterocycles. The van der Waals surface area contributed by atoms with Crippen molar-refractivity contribution in [3.63, 3.8) is 0 Å². The molecule has 2 fully saturated rings. The summed E-state index contributed by atoms with van der Waals surface area (Å²) in [7, 11) is 5.12. The van der Waals surface area contributed by atoms with Crippen LogP contribution in [0, 0.1) is 72.0 Å². The summed E-state index contributed by atoms with van der Waals surface area (Å²) in [5.41, 5.74) is 1.02. The fourth-order valence-electron chi connectivity index (χ4n) is 6.36. The number of nitrogens with zero attached hydrogens (tertiary/aromatic N) is 2. The Morgan fingerprint density at radius 2 is 0.957 bits per heavy atom. The van der Waals surface area contributed by atoms with E-state index in [1.165, 1.54) is 62.3 Å². The van der Waals surface area contributed by atoms with Crippen LogP contribution in [-0.4, -0.2) is 99.3 Å². The van der Waals surface area contributed by atoms with Crippen molar-refractivity contribution in [2.75, 3.05) is 20.1 Å². The summed E-state index contributed by atoms with van der Waals surface area (Å²) in [6.45, 7) is 65.1. The van der Waals surface area contributed by atoms with E-state index in [2.05, 4.69) is 212 Å². The molecule has 4 amide bonds. The standard InChI is InChI=1S/C11H18O.C9H9NO3.C8H11NS2.C8H10O2.C7H10O.2C6H9NO.C5H10O.3C4H10.5C3H8.13CH4/c1-10(2)12-11-8-6-4-3-5-7-9-11;1-10-8(11)6-4-2-3-5(13-4)7(6)9(10)12;1-7(2)10-11-8-5-3-4-6-9-8;1-2-6-3-4-7(9)8(10)5-6;1-6(2)7-4-3-5-8-7;2*1-3-5-7-6(8)4-2;1-4(2)5(3)6;3*1-4(2)3;5*1-3-2;;;;;;;;;;;;;/h10-11H,3-6,8H2,1-2H3;2-7H,1H3;3-7H,1-2H3;3-5,9-10H,2H2,1H3;3-6H,1-2H3;2*1H,4-5H2,2H3,(H,7,8);4H,1-3H3;3*4H,1-3H3;5*3H2,1-2H3;13*1H4. The largest absolute Gasteiger partial charge is 0.504 e. The first kappa shape index (κ1) is 169. The van der Waals surface area contributed by atoms with Gasteiger partial charge >= 0.3 is 0 Å². The number of ketones is 1. The van der Waals surface area contributed by atoms with E-state index in [0.29, 0.717) is 43.2 Å². The highest BCUT2D eigenvalue weighted by molar-refractivity contribution is 8.76. The molecule has 5 atom stereocenters. The number of benzene rings is 1. The summed E-state index contributed by atoms with van der Waals surface area (Å²) in [6, 6.07) is 14.7. The number of fused-ring (bicyclic) bond motifs is 5. The number of ether oxygens (including phenoxy) is 2. The van der Waals surface area contributed by atoms with Crippen molar-refractivity contribution in [3.05, 3.63) is 84.5 Å². The number of furan rings is 1. The van der Waals surface area contributed by atoms with Gasteiger partial charge in [-0.3, -0.25) is 28.9 Å². The number of carbonyl (C=O) groups excluding carboxylic acids is 5. The smallest absolute Gasteiger partial charge is 0.235 e. The Morgan fingerprint density at radius 1 is 0.578 bits per heavy atom. The number of Topliss-reactive ketones (excluding diaryl/α,β-unsaturated/α-hetero) is 1. The Labute approximate surface area is 738 Å². The van der Waals surface area contributed by atoms with Crippen molar-refractivity contribution < 1.29 is 48.1 Å². The lowest BCUT2D eigenvalue weighted by Gasteiger charge is -2.16. The molecule has 0 saturated carbocycles. The number of rotatable bonds is 12. The lowest BCUT2D eigenvalue weighted by Crippen LogP contribution is -2.30. The van der Waals surface area contributed by atoms with E-state index in [9.17, 15) is 24.0 Å². The Hall–Kier alpha value is -5.96. The van der Waals surface area contributed by atoms with Crippen LogP contribution in [-0.2, 0) is 39.9 Å². The number of aryl methyl sites for hydroxylation is 1. The molecule has 4 aliphatic rings. The first-order chi connectivity index (χ1) is 48.3. The summed E-state index contributed by atoms with van der Waals surface area (Å²) >= 11 is 0. The van der Waals surface area contributed by atoms with Crippen LogP contribution in [0.5, 0.6) is 11.5 Å². The summed E-state index contributed by atoms with van der Waals surface area (Å²) < 4.78 is 16.2. The number of amides is 4. The second-order valence-electron chi connectivity index (χ2n) is 27.2. The van der Waals surface area contributed by atoms with E-state index in [1.54, 1.807) is 57.0 Å². The topological polar surface area (TPSA) is 198 Å². The van der Waals surface area contributed by atoms with Gasteiger partial charge in [-0.05, 0) is 117 Å². The number of hydrogen-bond acceptors (Lipinski definition) is 13. The minimum absolute atomic E-state index is 0. The fourth-order valence-corrected chi connectivity index (χ4v) is 8.06. The SMILES string of the molecule is C.C.C.C.C.C.C.C.C.C.C.C.C.C#CCNC(=O)CC.C#CCNC(=O)CC.CC(=O)C(C)C.CC(C)C.CC(C)C.CC(C)C.CC(C)OC1C#CCCCCC1.CC(C)SSc1ccccn1.CC(C)c1ccco1.CCC.CCC.CCC.CCC.CCC.CCc1ccc(O)c(O)c1.CN1C(=O)C2C3C=CC(O3)C2C1=O. The first-order valence-electron chi connectivity index (χ1n) is 38.3. The van der Waals surface area contributed by atoms with E-state index in [1.807, 2.05) is 80.2 Å². The number of phenols is 2. The normalized spacial score (nSPS) is 13.5. The number of likely N-dealkylation sites (tertiary alicyclic amines) is 1. The third kappa shape index (κ3) is 124. The monoisotopic (exact) mass is 1690 g/mol. The van der Waals surface area contributed by atoms with E-state index in [4.69, 9.17) is 37.0 Å². The Balaban J connectivity index is -0.0000000413. The minimum Gasteiger partial charge on any atom is -0.504 e. The second-order valence-corrected chi connectivity index (χ2v) is 30.0. The number of nitrogens with one attached hydrogen (secondary N) is 2. The molecule has 700 valence electrons. The summed E-state index contributed by atoms with van der Waals surface area (Å²) in [6.07, 6.45) is 31.4. The highest BCUT2D eigenvalue weighted by atomic mass is 33.1. The fraction of sp³-hybridized carbons (Fsp3) is 0.720. The van der Waals surface area contributed by atoms with Gasteiger partial charge < -0.3 is 34.7 Å². The molecule has 5 unspecified atom stereocenters. The van der Waals surface area contributed by atoms with Crippen molar-refractivity contribution in [2.24, 2.45) is 35.5 Å². The van der Waals surface area contributed by atoms with Crippen molar-refractivity contribution >= 4 is 51.0 Å². The molecule has 14 nitrogen and oxygen atoms in total. The van der Waals surface area contributed by atoms with Gasteiger partial charge in [-0.15, -0.1) is 18.8 Å². The van der Waals surface area contributed by atoms with Gasteiger partial charge in [0.2, 0.25) is 23.6 Å². The van der Waals surface area contributed by atoms with Gasteiger partial charge in [0, 0.05) is 49.6 Å². The number of aromatic nitrogens is 1. The van der Waals surface area contributed by atoms with Crippen molar-refractivity contribution in [1.29, 1.82) is 0 Å². The van der Waals surface area contributed by atoms with Gasteiger partial charge in [0.25, 0.3) is 0 Å². The number of hydrogen-bond donors (Lipinski definition) is 4.